The van der Waals surface area contributed by atoms with Gasteiger partial charge in [0.1, 0.15) is 6.04 Å². The average molecular weight is 455 g/mol. The Hall–Kier alpha value is -4.04. The number of carbonyl (C=O) groups excluding carboxylic acids is 1. The third-order valence-electron chi connectivity index (χ3n) is 5.57. The van der Waals surface area contributed by atoms with Crippen LogP contribution in [0.3, 0.4) is 0 Å². The molecule has 0 spiro atoms. The Kier molecular flexibility index (Phi) is 5.58. The predicted octanol–water partition coefficient (Wildman–Crippen LogP) is 4.40. The molecule has 1 aliphatic heterocycles. The minimum atomic E-state index is -0.158. The largest absolute Gasteiger partial charge is 0.351 e. The Balaban J connectivity index is 1.61. The molecule has 1 aromatic carbocycles. The zero-order valence-electron chi connectivity index (χ0n) is 17.9. The fraction of sp³-hybridized carbons (Fsp3) is 0.120. The van der Waals surface area contributed by atoms with Gasteiger partial charge in [0.15, 0.2) is 5.11 Å². The number of hydrogen-bond acceptors (Lipinski definition) is 4. The van der Waals surface area contributed by atoms with Gasteiger partial charge in [-0.15, -0.1) is 0 Å². The summed E-state index contributed by atoms with van der Waals surface area (Å²) in [7, 11) is 0. The van der Waals surface area contributed by atoms with E-state index in [1.165, 1.54) is 6.92 Å². The number of thiocarbonyl (C=S) groups is 1. The molecule has 7 nitrogen and oxygen atoms in total. The molecule has 1 aliphatic rings. The van der Waals surface area contributed by atoms with Crippen LogP contribution in [0.1, 0.15) is 30.4 Å². The van der Waals surface area contributed by atoms with Crippen LogP contribution in [0.4, 0.5) is 11.4 Å². The summed E-state index contributed by atoms with van der Waals surface area (Å²) in [5.41, 5.74) is 4.58. The molecule has 0 radical (unpaired) electrons. The molecule has 164 valence electrons. The van der Waals surface area contributed by atoms with E-state index in [1.807, 2.05) is 73.1 Å². The van der Waals surface area contributed by atoms with E-state index in [0.717, 1.165) is 28.5 Å². The normalized spacial score (nSPS) is 17.6. The molecule has 1 amide bonds. The summed E-state index contributed by atoms with van der Waals surface area (Å²) in [4.78, 5) is 22.4. The molecule has 33 heavy (non-hydrogen) atoms. The van der Waals surface area contributed by atoms with Gasteiger partial charge in [0.2, 0.25) is 5.91 Å². The first-order chi connectivity index (χ1) is 16.1. The number of nitrogens with zero attached hydrogens (tertiary/aromatic N) is 4. The van der Waals surface area contributed by atoms with Crippen molar-refractivity contribution >= 4 is 34.6 Å². The highest BCUT2D eigenvalue weighted by atomic mass is 32.1. The van der Waals surface area contributed by atoms with Crippen molar-refractivity contribution in [1.29, 1.82) is 0 Å². The van der Waals surface area contributed by atoms with Crippen LogP contribution < -0.4 is 15.5 Å². The zero-order valence-corrected chi connectivity index (χ0v) is 18.7. The lowest BCUT2D eigenvalue weighted by molar-refractivity contribution is -0.114. The van der Waals surface area contributed by atoms with Gasteiger partial charge < -0.3 is 20.1 Å². The standard InChI is InChI=1S/C25H22N6OS/c1-17(32)28-18-9-11-19(12-10-18)31-24(23(29-25(31)33)21-7-2-3-14-27-21)22-8-5-15-30(22)20-6-4-13-26-16-20/h2-16,23-24H,1H3,(H,28,32)(H,29,33)/t23-,24-/m0/s1. The molecule has 4 aromatic rings. The summed E-state index contributed by atoms with van der Waals surface area (Å²) < 4.78 is 2.13. The third kappa shape index (κ3) is 4.08. The maximum atomic E-state index is 11.4. The second-order valence-corrected chi connectivity index (χ2v) is 8.13. The van der Waals surface area contributed by atoms with Gasteiger partial charge in [0.05, 0.1) is 23.6 Å². The van der Waals surface area contributed by atoms with E-state index in [1.54, 1.807) is 12.4 Å². The topological polar surface area (TPSA) is 75.1 Å². The van der Waals surface area contributed by atoms with Gasteiger partial charge in [-0.1, -0.05) is 6.07 Å². The molecule has 3 aromatic heterocycles. The van der Waals surface area contributed by atoms with Crippen LogP contribution in [0.5, 0.6) is 0 Å². The number of anilines is 2. The van der Waals surface area contributed by atoms with Crippen LogP contribution in [0.25, 0.3) is 5.69 Å². The van der Waals surface area contributed by atoms with Gasteiger partial charge in [-0.2, -0.15) is 0 Å². The molecule has 0 aliphatic carbocycles. The number of amides is 1. The van der Waals surface area contributed by atoms with Crippen molar-refractivity contribution in [1.82, 2.24) is 19.9 Å². The van der Waals surface area contributed by atoms with Crippen LogP contribution in [0, 0.1) is 0 Å². The second-order valence-electron chi connectivity index (χ2n) is 7.74. The van der Waals surface area contributed by atoms with Crippen LogP contribution in [0.2, 0.25) is 0 Å². The third-order valence-corrected chi connectivity index (χ3v) is 5.89. The molecule has 5 rings (SSSR count). The summed E-state index contributed by atoms with van der Waals surface area (Å²) in [6.07, 6.45) is 7.43. The highest BCUT2D eigenvalue weighted by Crippen LogP contribution is 2.42. The highest BCUT2D eigenvalue weighted by Gasteiger charge is 2.42. The quantitative estimate of drug-likeness (QED) is 0.436. The van der Waals surface area contributed by atoms with Crippen molar-refractivity contribution in [2.24, 2.45) is 0 Å². The van der Waals surface area contributed by atoms with E-state index in [0.29, 0.717) is 5.11 Å². The Bertz CT molecular complexity index is 1270. The van der Waals surface area contributed by atoms with Gasteiger partial charge in [0, 0.05) is 42.6 Å². The van der Waals surface area contributed by atoms with Crippen molar-refractivity contribution in [2.75, 3.05) is 10.2 Å². The van der Waals surface area contributed by atoms with E-state index in [2.05, 4.69) is 36.1 Å². The van der Waals surface area contributed by atoms with Gasteiger partial charge in [-0.05, 0) is 72.9 Å². The zero-order chi connectivity index (χ0) is 22.8. The summed E-state index contributed by atoms with van der Waals surface area (Å²) in [6, 6.07) is 21.3. The minimum Gasteiger partial charge on any atom is -0.351 e. The van der Waals surface area contributed by atoms with Gasteiger partial charge in [-0.3, -0.25) is 14.8 Å². The summed E-state index contributed by atoms with van der Waals surface area (Å²) >= 11 is 5.81. The first kappa shape index (κ1) is 20.8. The Morgan fingerprint density at radius 2 is 1.85 bits per heavy atom. The number of hydrogen-bond donors (Lipinski definition) is 2. The number of benzene rings is 1. The molecule has 2 atom stereocenters. The number of pyridine rings is 2. The molecule has 0 saturated carbocycles. The number of aromatic nitrogens is 3. The van der Waals surface area contributed by atoms with Crippen LogP contribution in [-0.4, -0.2) is 25.6 Å². The van der Waals surface area contributed by atoms with Gasteiger partial charge in [-0.25, -0.2) is 0 Å². The van der Waals surface area contributed by atoms with Crippen LogP contribution in [-0.2, 0) is 4.79 Å². The van der Waals surface area contributed by atoms with E-state index in [4.69, 9.17) is 12.2 Å². The fourth-order valence-corrected chi connectivity index (χ4v) is 4.55. The molecule has 1 fully saturated rings. The van der Waals surface area contributed by atoms with E-state index in [-0.39, 0.29) is 18.0 Å². The Morgan fingerprint density at radius 3 is 2.55 bits per heavy atom. The summed E-state index contributed by atoms with van der Waals surface area (Å²) in [5, 5.41) is 6.90. The van der Waals surface area contributed by atoms with Crippen molar-refractivity contribution in [3.8, 4) is 5.69 Å². The summed E-state index contributed by atoms with van der Waals surface area (Å²) in [6.45, 7) is 1.49. The lowest BCUT2D eigenvalue weighted by Gasteiger charge is -2.29. The Morgan fingerprint density at radius 1 is 1.00 bits per heavy atom. The Labute approximate surface area is 197 Å². The molecule has 0 unspecified atom stereocenters. The second kappa shape index (κ2) is 8.84. The monoisotopic (exact) mass is 454 g/mol. The fourth-order valence-electron chi connectivity index (χ4n) is 4.21. The number of nitrogens with one attached hydrogen (secondary N) is 2. The van der Waals surface area contributed by atoms with Gasteiger partial charge in [0.25, 0.3) is 0 Å². The lowest BCUT2D eigenvalue weighted by atomic mass is 10.0. The van der Waals surface area contributed by atoms with Gasteiger partial charge >= 0.3 is 0 Å². The molecular weight excluding hydrogens is 432 g/mol. The van der Waals surface area contributed by atoms with E-state index < -0.39 is 0 Å². The van der Waals surface area contributed by atoms with Crippen LogP contribution >= 0.6 is 12.2 Å². The molecule has 8 heteroatoms. The van der Waals surface area contributed by atoms with Crippen molar-refractivity contribution in [3.63, 3.8) is 0 Å². The lowest BCUT2D eigenvalue weighted by Crippen LogP contribution is -2.30. The first-order valence-electron chi connectivity index (χ1n) is 10.6. The smallest absolute Gasteiger partial charge is 0.221 e. The van der Waals surface area contributed by atoms with E-state index in [9.17, 15) is 4.79 Å². The van der Waals surface area contributed by atoms with Crippen LogP contribution in [0.15, 0.2) is 91.5 Å². The molecule has 2 N–H and O–H groups in total. The van der Waals surface area contributed by atoms with Crippen molar-refractivity contribution in [3.05, 3.63) is 103 Å². The first-order valence-corrected chi connectivity index (χ1v) is 11.0. The highest BCUT2D eigenvalue weighted by molar-refractivity contribution is 7.80. The number of carbonyl (C=O) groups is 1. The maximum Gasteiger partial charge on any atom is 0.221 e. The molecule has 1 saturated heterocycles. The minimum absolute atomic E-state index is 0.108. The predicted molar refractivity (Wildman–Crippen MR) is 132 cm³/mol. The van der Waals surface area contributed by atoms with Crippen molar-refractivity contribution < 1.29 is 4.79 Å². The van der Waals surface area contributed by atoms with E-state index >= 15 is 0 Å². The van der Waals surface area contributed by atoms with Crippen molar-refractivity contribution in [2.45, 2.75) is 19.0 Å². The SMILES string of the molecule is CC(=O)Nc1ccc(N2C(=S)N[C@@H](c3ccccn3)[C@@H]2c2cccn2-c2cccnc2)cc1. The maximum absolute atomic E-state index is 11.4. The summed E-state index contributed by atoms with van der Waals surface area (Å²) in [5.74, 6) is -0.108. The molecule has 0 bridgehead atoms. The molecular formula is C25H22N6OS. The average Bonchev–Trinajstić information content (AvgIpc) is 3.45. The number of rotatable bonds is 5. The molecule has 4 heterocycles.